The Labute approximate surface area is 159 Å². The minimum atomic E-state index is -0.527. The lowest BCUT2D eigenvalue weighted by molar-refractivity contribution is -0.0140. The second-order valence-electron chi connectivity index (χ2n) is 7.34. The van der Waals surface area contributed by atoms with Crippen molar-refractivity contribution in [1.29, 1.82) is 0 Å². The Morgan fingerprint density at radius 3 is 2.70 bits per heavy atom. The van der Waals surface area contributed by atoms with Gasteiger partial charge in [-0.1, -0.05) is 24.3 Å². The largest absolute Gasteiger partial charge is 0.361 e. The highest BCUT2D eigenvalue weighted by Crippen LogP contribution is 2.46. The first-order chi connectivity index (χ1) is 13.1. The number of aromatic nitrogens is 2. The highest BCUT2D eigenvalue weighted by molar-refractivity contribution is 5.59. The summed E-state index contributed by atoms with van der Waals surface area (Å²) in [5, 5.41) is 0. The lowest BCUT2D eigenvalue weighted by atomic mass is 9.81. The third kappa shape index (κ3) is 3.40. The molecule has 1 aliphatic heterocycles. The first-order valence-electron chi connectivity index (χ1n) is 9.26. The van der Waals surface area contributed by atoms with Crippen molar-refractivity contribution >= 4 is 0 Å². The molecule has 27 heavy (non-hydrogen) atoms. The summed E-state index contributed by atoms with van der Waals surface area (Å²) in [6.45, 7) is 1.52. The number of rotatable bonds is 6. The number of ether oxygens (including phenoxy) is 1. The van der Waals surface area contributed by atoms with Gasteiger partial charge in [-0.25, -0.2) is 9.37 Å². The maximum Gasteiger partial charge on any atom is 0.137 e. The maximum absolute atomic E-state index is 13.5. The molecule has 0 saturated heterocycles. The number of halogens is 1. The average Bonchev–Trinajstić information content (AvgIpc) is 3.31. The zero-order valence-electron chi connectivity index (χ0n) is 15.7. The van der Waals surface area contributed by atoms with Crippen molar-refractivity contribution in [3.63, 3.8) is 0 Å². The van der Waals surface area contributed by atoms with Gasteiger partial charge in [0.2, 0.25) is 0 Å². The van der Waals surface area contributed by atoms with Gasteiger partial charge < -0.3 is 14.6 Å². The molecule has 0 spiro atoms. The summed E-state index contributed by atoms with van der Waals surface area (Å²) in [5.41, 5.74) is 3.86. The molecule has 4 nitrogen and oxygen atoms in total. The minimum Gasteiger partial charge on any atom is -0.361 e. The van der Waals surface area contributed by atoms with Gasteiger partial charge in [-0.15, -0.1) is 0 Å². The van der Waals surface area contributed by atoms with Crippen LogP contribution in [0.2, 0.25) is 0 Å². The predicted octanol–water partition coefficient (Wildman–Crippen LogP) is 4.33. The van der Waals surface area contributed by atoms with Crippen molar-refractivity contribution in [2.24, 2.45) is 0 Å². The van der Waals surface area contributed by atoms with Crippen LogP contribution >= 0.6 is 0 Å². The smallest absolute Gasteiger partial charge is 0.137 e. The van der Waals surface area contributed by atoms with Gasteiger partial charge in [0.1, 0.15) is 17.2 Å². The van der Waals surface area contributed by atoms with E-state index in [1.165, 1.54) is 17.7 Å². The third-order valence-corrected chi connectivity index (χ3v) is 5.23. The van der Waals surface area contributed by atoms with Crippen LogP contribution < -0.4 is 0 Å². The van der Waals surface area contributed by atoms with E-state index in [9.17, 15) is 4.39 Å². The standard InChI is InChI=1S/C22H24FN3O/c1-26(2)13-3-10-22(18-5-7-19(23)8-6-18)20-9-4-16(14-17(20)15-27-22)21-24-11-12-25-21/h4-9,11-12,14H,3,10,13,15H2,1-2H3,(H,24,25). The van der Waals surface area contributed by atoms with Crippen LogP contribution in [-0.4, -0.2) is 35.5 Å². The monoisotopic (exact) mass is 365 g/mol. The molecule has 0 saturated carbocycles. The van der Waals surface area contributed by atoms with Gasteiger partial charge in [0.25, 0.3) is 0 Å². The molecule has 1 unspecified atom stereocenters. The molecule has 0 radical (unpaired) electrons. The van der Waals surface area contributed by atoms with E-state index in [2.05, 4.69) is 47.2 Å². The Morgan fingerprint density at radius 1 is 1.19 bits per heavy atom. The summed E-state index contributed by atoms with van der Waals surface area (Å²) in [6.07, 6.45) is 5.42. The summed E-state index contributed by atoms with van der Waals surface area (Å²) in [6, 6.07) is 13.1. The van der Waals surface area contributed by atoms with Gasteiger partial charge in [0.05, 0.1) is 6.61 Å². The zero-order chi connectivity index (χ0) is 18.9. The number of nitrogens with zero attached hydrogens (tertiary/aromatic N) is 2. The second kappa shape index (κ2) is 7.25. The quantitative estimate of drug-likeness (QED) is 0.707. The van der Waals surface area contributed by atoms with Crippen LogP contribution in [-0.2, 0) is 16.9 Å². The summed E-state index contributed by atoms with van der Waals surface area (Å²) in [7, 11) is 4.15. The van der Waals surface area contributed by atoms with Crippen molar-refractivity contribution in [2.45, 2.75) is 25.0 Å². The molecule has 5 heteroatoms. The van der Waals surface area contributed by atoms with Crippen molar-refractivity contribution in [3.05, 3.63) is 77.4 Å². The SMILES string of the molecule is CN(C)CCCC1(c2ccc(F)cc2)OCc2cc(-c3ncc[nH]3)ccc21. The Morgan fingerprint density at radius 2 is 2.00 bits per heavy atom. The van der Waals surface area contributed by atoms with Crippen molar-refractivity contribution in [1.82, 2.24) is 14.9 Å². The van der Waals surface area contributed by atoms with Crippen molar-refractivity contribution < 1.29 is 9.13 Å². The van der Waals surface area contributed by atoms with Crippen LogP contribution in [0.3, 0.4) is 0 Å². The van der Waals surface area contributed by atoms with E-state index < -0.39 is 5.60 Å². The lowest BCUT2D eigenvalue weighted by Gasteiger charge is -2.31. The molecule has 0 bridgehead atoms. The molecule has 0 amide bonds. The van der Waals surface area contributed by atoms with E-state index >= 15 is 0 Å². The summed E-state index contributed by atoms with van der Waals surface area (Å²) in [5.74, 6) is 0.623. The van der Waals surface area contributed by atoms with Gasteiger partial charge in [-0.3, -0.25) is 0 Å². The molecule has 2 aromatic carbocycles. The van der Waals surface area contributed by atoms with Gasteiger partial charge in [0.15, 0.2) is 0 Å². The molecule has 1 atom stereocenters. The highest BCUT2D eigenvalue weighted by Gasteiger charge is 2.41. The van der Waals surface area contributed by atoms with Crippen LogP contribution in [0.1, 0.15) is 29.5 Å². The molecule has 140 valence electrons. The maximum atomic E-state index is 13.5. The number of fused-ring (bicyclic) bond motifs is 1. The summed E-state index contributed by atoms with van der Waals surface area (Å²) in [4.78, 5) is 9.67. The van der Waals surface area contributed by atoms with Gasteiger partial charge in [0, 0.05) is 18.0 Å². The fraction of sp³-hybridized carbons (Fsp3) is 0.318. The van der Waals surface area contributed by atoms with E-state index in [-0.39, 0.29) is 5.82 Å². The normalized spacial score (nSPS) is 18.8. The number of imidazole rings is 1. The van der Waals surface area contributed by atoms with Crippen molar-refractivity contribution in [2.75, 3.05) is 20.6 Å². The molecule has 1 N–H and O–H groups in total. The van der Waals surface area contributed by atoms with Gasteiger partial charge >= 0.3 is 0 Å². The molecule has 1 aliphatic rings. The molecular weight excluding hydrogens is 341 g/mol. The van der Waals surface area contributed by atoms with Crippen LogP contribution in [0.5, 0.6) is 0 Å². The number of hydrogen-bond donors (Lipinski definition) is 1. The van der Waals surface area contributed by atoms with E-state index in [0.29, 0.717) is 6.61 Å². The molecule has 1 aromatic heterocycles. The summed E-state index contributed by atoms with van der Waals surface area (Å²) >= 11 is 0. The zero-order valence-corrected chi connectivity index (χ0v) is 15.7. The molecule has 3 aromatic rings. The Bertz CT molecular complexity index is 906. The fourth-order valence-corrected chi connectivity index (χ4v) is 3.91. The predicted molar refractivity (Wildman–Crippen MR) is 104 cm³/mol. The minimum absolute atomic E-state index is 0.228. The Balaban J connectivity index is 1.73. The first-order valence-corrected chi connectivity index (χ1v) is 9.26. The van der Waals surface area contributed by atoms with Crippen LogP contribution in [0.4, 0.5) is 4.39 Å². The third-order valence-electron chi connectivity index (χ3n) is 5.23. The van der Waals surface area contributed by atoms with E-state index in [0.717, 1.165) is 41.9 Å². The van der Waals surface area contributed by atoms with Crippen molar-refractivity contribution in [3.8, 4) is 11.4 Å². The fourth-order valence-electron chi connectivity index (χ4n) is 3.91. The first kappa shape index (κ1) is 17.9. The van der Waals surface area contributed by atoms with Crippen LogP contribution in [0.25, 0.3) is 11.4 Å². The van der Waals surface area contributed by atoms with Crippen LogP contribution in [0, 0.1) is 5.82 Å². The van der Waals surface area contributed by atoms with E-state index in [4.69, 9.17) is 4.74 Å². The van der Waals surface area contributed by atoms with E-state index in [1.54, 1.807) is 6.20 Å². The molecule has 0 aliphatic carbocycles. The number of H-pyrrole nitrogens is 1. The van der Waals surface area contributed by atoms with Crippen LogP contribution in [0.15, 0.2) is 54.9 Å². The second-order valence-corrected chi connectivity index (χ2v) is 7.34. The highest BCUT2D eigenvalue weighted by atomic mass is 19.1. The molecular formula is C22H24FN3O. The van der Waals surface area contributed by atoms with Gasteiger partial charge in [-0.05, 0) is 68.4 Å². The van der Waals surface area contributed by atoms with E-state index in [1.807, 2.05) is 18.3 Å². The Kier molecular flexibility index (Phi) is 4.81. The number of aromatic amines is 1. The molecule has 0 fully saturated rings. The number of nitrogens with one attached hydrogen (secondary N) is 1. The number of benzene rings is 2. The molecule has 4 rings (SSSR count). The number of hydrogen-bond acceptors (Lipinski definition) is 3. The topological polar surface area (TPSA) is 41.1 Å². The summed E-state index contributed by atoms with van der Waals surface area (Å²) < 4.78 is 19.9. The molecule has 2 heterocycles. The lowest BCUT2D eigenvalue weighted by Crippen LogP contribution is -2.28. The Hall–Kier alpha value is -2.50. The average molecular weight is 365 g/mol. The van der Waals surface area contributed by atoms with Gasteiger partial charge in [-0.2, -0.15) is 0 Å².